The Bertz CT molecular complexity index is 387. The molecule has 31 heavy (non-hydrogen) atoms. The van der Waals surface area contributed by atoms with Gasteiger partial charge in [-0.3, -0.25) is 16.1 Å². The summed E-state index contributed by atoms with van der Waals surface area (Å²) in [5, 5.41) is 18.3. The fourth-order valence-electron chi connectivity index (χ4n) is 4.12. The SMILES string of the molecule is CCCCCCCCCCCCN(CCCCCCCCCCCC)C(=N)NC(=N)N. The summed E-state index contributed by atoms with van der Waals surface area (Å²) >= 11 is 0. The second-order valence-electron chi connectivity index (χ2n) is 9.24. The maximum atomic E-state index is 8.22. The van der Waals surface area contributed by atoms with Crippen molar-refractivity contribution in [3.8, 4) is 0 Å². The fraction of sp³-hybridized carbons (Fsp3) is 0.923. The molecule has 0 saturated heterocycles. The van der Waals surface area contributed by atoms with Gasteiger partial charge in [-0.1, -0.05) is 129 Å². The lowest BCUT2D eigenvalue weighted by molar-refractivity contribution is 0.374. The van der Waals surface area contributed by atoms with Crippen molar-refractivity contribution in [2.75, 3.05) is 13.1 Å². The van der Waals surface area contributed by atoms with Crippen LogP contribution in [0.3, 0.4) is 0 Å². The van der Waals surface area contributed by atoms with Crippen molar-refractivity contribution < 1.29 is 0 Å². The van der Waals surface area contributed by atoms with E-state index in [0.29, 0.717) is 5.96 Å². The van der Waals surface area contributed by atoms with E-state index in [9.17, 15) is 0 Å². The molecule has 184 valence electrons. The van der Waals surface area contributed by atoms with Gasteiger partial charge < -0.3 is 10.6 Å². The van der Waals surface area contributed by atoms with Gasteiger partial charge in [-0.05, 0) is 12.8 Å². The van der Waals surface area contributed by atoms with Crippen LogP contribution in [0.15, 0.2) is 0 Å². The van der Waals surface area contributed by atoms with Crippen LogP contribution in [0.4, 0.5) is 0 Å². The molecule has 0 aliphatic rings. The Morgan fingerprint density at radius 3 is 1.13 bits per heavy atom. The van der Waals surface area contributed by atoms with Crippen LogP contribution in [-0.2, 0) is 0 Å². The molecule has 0 saturated carbocycles. The van der Waals surface area contributed by atoms with Gasteiger partial charge in [0.05, 0.1) is 0 Å². The van der Waals surface area contributed by atoms with Gasteiger partial charge in [0.2, 0.25) is 0 Å². The summed E-state index contributed by atoms with van der Waals surface area (Å²) in [6.45, 7) is 6.33. The molecule has 0 heterocycles. The number of hydrogen-bond donors (Lipinski definition) is 4. The third-order valence-corrected chi connectivity index (χ3v) is 6.13. The van der Waals surface area contributed by atoms with Crippen molar-refractivity contribution in [1.29, 1.82) is 10.8 Å². The first-order valence-electron chi connectivity index (χ1n) is 13.6. The molecule has 5 N–H and O–H groups in total. The molecule has 0 rings (SSSR count). The van der Waals surface area contributed by atoms with Gasteiger partial charge in [0, 0.05) is 13.1 Å². The third-order valence-electron chi connectivity index (χ3n) is 6.13. The quantitative estimate of drug-likeness (QED) is 0.0800. The van der Waals surface area contributed by atoms with Crippen molar-refractivity contribution >= 4 is 11.9 Å². The van der Waals surface area contributed by atoms with E-state index in [0.717, 1.165) is 25.9 Å². The standard InChI is InChI=1S/C26H55N5/c1-3-5-7-9-11-13-15-17-19-21-23-31(26(29)30-25(27)28)24-22-20-18-16-14-12-10-8-6-4-2/h3-24H2,1-2H3,(H5,27,28,29,30). The highest BCUT2D eigenvalue weighted by atomic mass is 15.3. The van der Waals surface area contributed by atoms with Crippen LogP contribution in [0.5, 0.6) is 0 Å². The lowest BCUT2D eigenvalue weighted by Gasteiger charge is -2.25. The minimum Gasteiger partial charge on any atom is -0.370 e. The first kappa shape index (κ1) is 29.7. The molecule has 0 spiro atoms. The topological polar surface area (TPSA) is 89.0 Å². The third kappa shape index (κ3) is 21.7. The summed E-state index contributed by atoms with van der Waals surface area (Å²) < 4.78 is 0. The zero-order chi connectivity index (χ0) is 23.0. The largest absolute Gasteiger partial charge is 0.370 e. The molecule has 0 aromatic rings. The predicted molar refractivity (Wildman–Crippen MR) is 138 cm³/mol. The lowest BCUT2D eigenvalue weighted by atomic mass is 10.1. The highest BCUT2D eigenvalue weighted by Crippen LogP contribution is 2.13. The minimum absolute atomic E-state index is 0.138. The van der Waals surface area contributed by atoms with Gasteiger partial charge in [-0.2, -0.15) is 0 Å². The van der Waals surface area contributed by atoms with E-state index in [4.69, 9.17) is 16.6 Å². The van der Waals surface area contributed by atoms with E-state index in [1.165, 1.54) is 116 Å². The summed E-state index contributed by atoms with van der Waals surface area (Å²) in [6, 6.07) is 0. The molecule has 0 radical (unpaired) electrons. The zero-order valence-electron chi connectivity index (χ0n) is 21.1. The summed E-state index contributed by atoms with van der Waals surface area (Å²) in [5.74, 6) is 0.153. The molecule has 0 atom stereocenters. The number of nitrogens with one attached hydrogen (secondary N) is 3. The van der Waals surface area contributed by atoms with Crippen LogP contribution in [0.2, 0.25) is 0 Å². The van der Waals surface area contributed by atoms with Crippen LogP contribution in [-0.4, -0.2) is 29.9 Å². The average Bonchev–Trinajstić information content (AvgIpc) is 2.74. The Hall–Kier alpha value is -1.26. The summed E-state index contributed by atoms with van der Waals surface area (Å²) in [4.78, 5) is 2.08. The zero-order valence-corrected chi connectivity index (χ0v) is 21.1. The summed E-state index contributed by atoms with van der Waals surface area (Å²) in [5.41, 5.74) is 5.44. The molecule has 0 unspecified atom stereocenters. The van der Waals surface area contributed by atoms with E-state index < -0.39 is 0 Å². The molecule has 5 heteroatoms. The first-order chi connectivity index (χ1) is 15.1. The van der Waals surface area contributed by atoms with Crippen LogP contribution >= 0.6 is 0 Å². The van der Waals surface area contributed by atoms with Crippen molar-refractivity contribution in [3.05, 3.63) is 0 Å². The van der Waals surface area contributed by atoms with Crippen molar-refractivity contribution in [2.45, 2.75) is 142 Å². The van der Waals surface area contributed by atoms with E-state index in [-0.39, 0.29) is 5.96 Å². The number of rotatable bonds is 22. The molecular weight excluding hydrogens is 382 g/mol. The molecule has 0 aromatic carbocycles. The minimum atomic E-state index is -0.138. The molecule has 0 bridgehead atoms. The second kappa shape index (κ2) is 23.4. The van der Waals surface area contributed by atoms with E-state index in [1.54, 1.807) is 0 Å². The van der Waals surface area contributed by atoms with Crippen LogP contribution in [0, 0.1) is 10.8 Å². The van der Waals surface area contributed by atoms with Gasteiger partial charge in [-0.25, -0.2) is 0 Å². The number of guanidine groups is 2. The summed E-state index contributed by atoms with van der Waals surface area (Å²) in [6.07, 6.45) is 26.5. The Morgan fingerprint density at radius 1 is 0.548 bits per heavy atom. The highest BCUT2D eigenvalue weighted by molar-refractivity contribution is 5.94. The maximum Gasteiger partial charge on any atom is 0.197 e. The molecule has 0 aromatic heterocycles. The van der Waals surface area contributed by atoms with Gasteiger partial charge in [0.25, 0.3) is 0 Å². The van der Waals surface area contributed by atoms with Crippen molar-refractivity contribution in [2.24, 2.45) is 5.73 Å². The lowest BCUT2D eigenvalue weighted by Crippen LogP contribution is -2.46. The van der Waals surface area contributed by atoms with E-state index >= 15 is 0 Å². The average molecular weight is 438 g/mol. The van der Waals surface area contributed by atoms with Crippen molar-refractivity contribution in [1.82, 2.24) is 10.2 Å². The molecular formula is C26H55N5. The van der Waals surface area contributed by atoms with E-state index in [2.05, 4.69) is 24.1 Å². The molecule has 5 nitrogen and oxygen atoms in total. The number of hydrogen-bond acceptors (Lipinski definition) is 2. The Morgan fingerprint density at radius 2 is 0.839 bits per heavy atom. The first-order valence-corrected chi connectivity index (χ1v) is 13.6. The Balaban J connectivity index is 3.84. The maximum absolute atomic E-state index is 8.22. The van der Waals surface area contributed by atoms with Gasteiger partial charge >= 0.3 is 0 Å². The molecule has 0 aliphatic heterocycles. The predicted octanol–water partition coefficient (Wildman–Crippen LogP) is 7.55. The fourth-order valence-corrected chi connectivity index (χ4v) is 4.12. The highest BCUT2D eigenvalue weighted by Gasteiger charge is 2.10. The smallest absolute Gasteiger partial charge is 0.197 e. The van der Waals surface area contributed by atoms with Gasteiger partial charge in [0.1, 0.15) is 0 Å². The number of unbranched alkanes of at least 4 members (excludes halogenated alkanes) is 18. The van der Waals surface area contributed by atoms with Crippen LogP contribution < -0.4 is 11.1 Å². The van der Waals surface area contributed by atoms with Crippen LogP contribution in [0.25, 0.3) is 0 Å². The Labute approximate surface area is 194 Å². The van der Waals surface area contributed by atoms with E-state index in [1.807, 2.05) is 0 Å². The van der Waals surface area contributed by atoms with Crippen LogP contribution in [0.1, 0.15) is 142 Å². The van der Waals surface area contributed by atoms with Gasteiger partial charge in [0.15, 0.2) is 11.9 Å². The van der Waals surface area contributed by atoms with Gasteiger partial charge in [-0.15, -0.1) is 0 Å². The normalized spacial score (nSPS) is 10.9. The second-order valence-corrected chi connectivity index (χ2v) is 9.24. The summed E-state index contributed by atoms with van der Waals surface area (Å²) in [7, 11) is 0. The number of nitrogens with zero attached hydrogens (tertiary/aromatic N) is 1. The molecule has 0 amide bonds. The number of nitrogens with two attached hydrogens (primary N) is 1. The Kier molecular flexibility index (Phi) is 22.5. The van der Waals surface area contributed by atoms with Crippen molar-refractivity contribution in [3.63, 3.8) is 0 Å². The monoisotopic (exact) mass is 437 g/mol. The molecule has 0 fully saturated rings. The molecule has 0 aliphatic carbocycles.